The van der Waals surface area contributed by atoms with Gasteiger partial charge in [0.1, 0.15) is 5.75 Å². The van der Waals surface area contributed by atoms with Gasteiger partial charge in [-0.3, -0.25) is 5.01 Å². The minimum absolute atomic E-state index is 0.206. The number of hydrazone groups is 1. The van der Waals surface area contributed by atoms with E-state index in [4.69, 9.17) is 44.6 Å². The van der Waals surface area contributed by atoms with Crippen LogP contribution in [0.25, 0.3) is 0 Å². The Bertz CT molecular complexity index is 774. The van der Waals surface area contributed by atoms with Crippen LogP contribution in [0.5, 0.6) is 5.75 Å². The molecule has 6 heteroatoms. The lowest BCUT2D eigenvalue weighted by atomic mass is 9.95. The summed E-state index contributed by atoms with van der Waals surface area (Å²) in [5.74, 6) is 0.872. The first-order chi connectivity index (χ1) is 10.6. The first-order valence-corrected chi connectivity index (χ1v) is 7.99. The van der Waals surface area contributed by atoms with E-state index in [0.717, 1.165) is 23.5 Å². The summed E-state index contributed by atoms with van der Waals surface area (Å²) in [6, 6.07) is 11.2. The van der Waals surface area contributed by atoms with Crippen LogP contribution in [0.1, 0.15) is 5.56 Å². The van der Waals surface area contributed by atoms with Gasteiger partial charge in [-0.1, -0.05) is 34.8 Å². The Balaban J connectivity index is 1.76. The number of hydrogen-bond acceptors (Lipinski definition) is 3. The molecule has 3 nitrogen and oxygen atoms in total. The van der Waals surface area contributed by atoms with Gasteiger partial charge in [0.25, 0.3) is 0 Å². The lowest BCUT2D eigenvalue weighted by molar-refractivity contribution is 0.280. The van der Waals surface area contributed by atoms with E-state index in [1.54, 1.807) is 6.07 Å². The minimum Gasteiger partial charge on any atom is -0.491 e. The molecule has 2 aromatic rings. The Morgan fingerprint density at radius 3 is 2.59 bits per heavy atom. The topological polar surface area (TPSA) is 24.8 Å². The molecule has 2 aliphatic heterocycles. The van der Waals surface area contributed by atoms with Gasteiger partial charge in [-0.15, -0.1) is 0 Å². The molecule has 4 rings (SSSR count). The Morgan fingerprint density at radius 1 is 1.05 bits per heavy atom. The number of ether oxygens (including phenoxy) is 1. The second kappa shape index (κ2) is 5.34. The monoisotopic (exact) mass is 352 g/mol. The summed E-state index contributed by atoms with van der Waals surface area (Å²) in [6.45, 7) is 1.33. The molecule has 112 valence electrons. The van der Waals surface area contributed by atoms with E-state index in [-0.39, 0.29) is 5.92 Å². The maximum atomic E-state index is 6.22. The Labute approximate surface area is 143 Å². The lowest BCUT2D eigenvalue weighted by Gasteiger charge is -2.23. The lowest BCUT2D eigenvalue weighted by Crippen LogP contribution is -2.29. The highest BCUT2D eigenvalue weighted by atomic mass is 35.5. The molecule has 0 aromatic heterocycles. The van der Waals surface area contributed by atoms with E-state index >= 15 is 0 Å². The summed E-state index contributed by atoms with van der Waals surface area (Å²) in [7, 11) is 0. The van der Waals surface area contributed by atoms with Crippen LogP contribution >= 0.6 is 34.8 Å². The highest BCUT2D eigenvalue weighted by Gasteiger charge is 2.35. The fourth-order valence-electron chi connectivity index (χ4n) is 2.81. The van der Waals surface area contributed by atoms with E-state index in [0.29, 0.717) is 27.4 Å². The molecule has 22 heavy (non-hydrogen) atoms. The normalized spacial score (nSPS) is 19.3. The SMILES string of the molecule is Clc1ccc(N2CC3COc4c(Cl)cc(Cl)cc4C3=N2)cc1. The summed E-state index contributed by atoms with van der Waals surface area (Å²) < 4.78 is 5.81. The zero-order chi connectivity index (χ0) is 15.3. The highest BCUT2D eigenvalue weighted by Crippen LogP contribution is 2.39. The zero-order valence-electron chi connectivity index (χ0n) is 11.4. The minimum atomic E-state index is 0.206. The van der Waals surface area contributed by atoms with Gasteiger partial charge < -0.3 is 4.74 Å². The van der Waals surface area contributed by atoms with Crippen LogP contribution in [-0.4, -0.2) is 18.9 Å². The van der Waals surface area contributed by atoms with Crippen molar-refractivity contribution in [2.45, 2.75) is 0 Å². The van der Waals surface area contributed by atoms with E-state index in [9.17, 15) is 0 Å². The summed E-state index contributed by atoms with van der Waals surface area (Å²) in [4.78, 5) is 0. The zero-order valence-corrected chi connectivity index (χ0v) is 13.7. The first-order valence-electron chi connectivity index (χ1n) is 6.85. The fraction of sp³-hybridized carbons (Fsp3) is 0.188. The standard InChI is InChI=1S/C16H11Cl3N2O/c17-10-1-3-12(4-2-10)21-7-9-8-22-16-13(15(9)20-21)5-11(18)6-14(16)19/h1-6,9H,7-8H2. The van der Waals surface area contributed by atoms with E-state index in [2.05, 4.69) is 0 Å². The van der Waals surface area contributed by atoms with Crippen LogP contribution in [0.3, 0.4) is 0 Å². The fourth-order valence-corrected chi connectivity index (χ4v) is 3.48. The second-order valence-electron chi connectivity index (χ2n) is 5.32. The number of benzene rings is 2. The van der Waals surface area contributed by atoms with Crippen molar-refractivity contribution in [2.24, 2.45) is 11.0 Å². The quantitative estimate of drug-likeness (QED) is 0.730. The van der Waals surface area contributed by atoms with Gasteiger partial charge in [0.15, 0.2) is 0 Å². The average Bonchev–Trinajstić information content (AvgIpc) is 2.92. The van der Waals surface area contributed by atoms with Crippen LogP contribution in [0.15, 0.2) is 41.5 Å². The third-order valence-electron chi connectivity index (χ3n) is 3.85. The van der Waals surface area contributed by atoms with Crippen molar-refractivity contribution in [3.05, 3.63) is 57.0 Å². The first kappa shape index (κ1) is 14.2. The molecule has 2 heterocycles. The van der Waals surface area contributed by atoms with Gasteiger partial charge in [0.2, 0.25) is 0 Å². The van der Waals surface area contributed by atoms with E-state index in [1.165, 1.54) is 0 Å². The molecule has 0 saturated carbocycles. The molecule has 0 aliphatic carbocycles. The Hall–Kier alpha value is -1.42. The van der Waals surface area contributed by atoms with E-state index in [1.807, 2.05) is 35.3 Å². The van der Waals surface area contributed by atoms with Crippen molar-refractivity contribution in [1.82, 2.24) is 0 Å². The van der Waals surface area contributed by atoms with Gasteiger partial charge in [-0.05, 0) is 36.4 Å². The summed E-state index contributed by atoms with van der Waals surface area (Å²) in [5.41, 5.74) is 2.85. The number of anilines is 1. The number of halogens is 3. The van der Waals surface area contributed by atoms with Crippen LogP contribution < -0.4 is 9.75 Å². The number of rotatable bonds is 1. The van der Waals surface area contributed by atoms with Crippen LogP contribution in [0.4, 0.5) is 5.69 Å². The Kier molecular flexibility index (Phi) is 3.44. The molecule has 0 radical (unpaired) electrons. The smallest absolute Gasteiger partial charge is 0.147 e. The molecular weight excluding hydrogens is 343 g/mol. The maximum absolute atomic E-state index is 6.22. The van der Waals surface area contributed by atoms with Gasteiger partial charge in [0.05, 0.1) is 35.5 Å². The molecule has 0 bridgehead atoms. The van der Waals surface area contributed by atoms with Gasteiger partial charge in [-0.2, -0.15) is 5.10 Å². The summed E-state index contributed by atoms with van der Waals surface area (Å²) in [6.07, 6.45) is 0. The molecule has 1 unspecified atom stereocenters. The highest BCUT2D eigenvalue weighted by molar-refractivity contribution is 6.36. The van der Waals surface area contributed by atoms with Gasteiger partial charge >= 0.3 is 0 Å². The summed E-state index contributed by atoms with van der Waals surface area (Å²) >= 11 is 18.3. The van der Waals surface area contributed by atoms with Crippen LogP contribution in [-0.2, 0) is 0 Å². The summed E-state index contributed by atoms with van der Waals surface area (Å²) in [5, 5.41) is 8.52. The van der Waals surface area contributed by atoms with Crippen molar-refractivity contribution in [1.29, 1.82) is 0 Å². The maximum Gasteiger partial charge on any atom is 0.147 e. The predicted molar refractivity (Wildman–Crippen MR) is 90.8 cm³/mol. The predicted octanol–water partition coefficient (Wildman–Crippen LogP) is 4.88. The molecule has 0 spiro atoms. The number of hydrogen-bond donors (Lipinski definition) is 0. The van der Waals surface area contributed by atoms with Gasteiger partial charge in [-0.25, -0.2) is 0 Å². The second-order valence-corrected chi connectivity index (χ2v) is 6.60. The van der Waals surface area contributed by atoms with Crippen LogP contribution in [0, 0.1) is 5.92 Å². The molecule has 0 N–H and O–H groups in total. The van der Waals surface area contributed by atoms with Crippen molar-refractivity contribution < 1.29 is 4.74 Å². The van der Waals surface area contributed by atoms with Crippen LogP contribution in [0.2, 0.25) is 15.1 Å². The van der Waals surface area contributed by atoms with Crippen molar-refractivity contribution in [3.63, 3.8) is 0 Å². The largest absolute Gasteiger partial charge is 0.491 e. The van der Waals surface area contributed by atoms with Gasteiger partial charge in [0, 0.05) is 15.6 Å². The Morgan fingerprint density at radius 2 is 1.82 bits per heavy atom. The third-order valence-corrected chi connectivity index (χ3v) is 4.60. The molecule has 2 aliphatic rings. The third kappa shape index (κ3) is 2.34. The average molecular weight is 354 g/mol. The number of fused-ring (bicyclic) bond motifs is 3. The van der Waals surface area contributed by atoms with Crippen molar-refractivity contribution >= 4 is 46.2 Å². The molecule has 0 saturated heterocycles. The van der Waals surface area contributed by atoms with Crippen molar-refractivity contribution in [3.8, 4) is 5.75 Å². The molecule has 1 atom stereocenters. The molecule has 0 amide bonds. The van der Waals surface area contributed by atoms with E-state index < -0.39 is 0 Å². The molecular formula is C16H11Cl3N2O. The molecule has 0 fully saturated rings. The van der Waals surface area contributed by atoms with Crippen molar-refractivity contribution in [2.75, 3.05) is 18.2 Å². The number of nitrogens with zero attached hydrogens (tertiary/aromatic N) is 2. The molecule has 2 aromatic carbocycles.